The Morgan fingerprint density at radius 1 is 0.288 bits per heavy atom. The number of carbonyl (C=O) groups is 3. The lowest BCUT2D eigenvalue weighted by Crippen LogP contribution is -2.30. The van der Waals surface area contributed by atoms with Crippen molar-refractivity contribution in [3.05, 3.63) is 109 Å². The zero-order valence-corrected chi connectivity index (χ0v) is 47.6. The highest BCUT2D eigenvalue weighted by molar-refractivity contribution is 5.71. The smallest absolute Gasteiger partial charge is 0.306 e. The maximum absolute atomic E-state index is 12.8. The second-order valence-electron chi connectivity index (χ2n) is 19.9. The molecule has 0 aromatic rings. The average molecular weight is 1010 g/mol. The molecule has 0 aliphatic rings. The molecule has 416 valence electrons. The van der Waals surface area contributed by atoms with Crippen molar-refractivity contribution in [1.29, 1.82) is 0 Å². The van der Waals surface area contributed by atoms with Crippen LogP contribution in [0, 0.1) is 0 Å². The fourth-order valence-electron chi connectivity index (χ4n) is 8.28. The van der Waals surface area contributed by atoms with E-state index < -0.39 is 6.10 Å². The van der Waals surface area contributed by atoms with Crippen LogP contribution in [0.1, 0.15) is 278 Å². The minimum absolute atomic E-state index is 0.0833. The number of unbranched alkanes of at least 4 members (excludes halogenated alkanes) is 25. The van der Waals surface area contributed by atoms with E-state index in [0.29, 0.717) is 19.3 Å². The third-order valence-corrected chi connectivity index (χ3v) is 12.8. The lowest BCUT2D eigenvalue weighted by atomic mass is 10.0. The molecule has 0 N–H and O–H groups in total. The Morgan fingerprint density at radius 3 is 0.836 bits per heavy atom. The molecule has 0 spiro atoms. The number of ether oxygens (including phenoxy) is 3. The molecule has 0 amide bonds. The molecule has 0 heterocycles. The average Bonchev–Trinajstić information content (AvgIpc) is 3.39. The van der Waals surface area contributed by atoms with Gasteiger partial charge in [-0.05, 0) is 103 Å². The monoisotopic (exact) mass is 1010 g/mol. The van der Waals surface area contributed by atoms with E-state index in [0.717, 1.165) is 128 Å². The van der Waals surface area contributed by atoms with Crippen molar-refractivity contribution in [2.45, 2.75) is 284 Å². The lowest BCUT2D eigenvalue weighted by molar-refractivity contribution is -0.167. The first-order valence-corrected chi connectivity index (χ1v) is 30.4. The van der Waals surface area contributed by atoms with Crippen molar-refractivity contribution in [3.8, 4) is 0 Å². The fraction of sp³-hybridized carbons (Fsp3) is 0.687. The topological polar surface area (TPSA) is 78.9 Å². The van der Waals surface area contributed by atoms with E-state index in [1.165, 1.54) is 109 Å². The number of hydrogen-bond donors (Lipinski definition) is 0. The Hall–Kier alpha value is -3.93. The Kier molecular flexibility index (Phi) is 57.4. The summed E-state index contributed by atoms with van der Waals surface area (Å²) in [7, 11) is 0. The van der Waals surface area contributed by atoms with Gasteiger partial charge in [-0.25, -0.2) is 0 Å². The van der Waals surface area contributed by atoms with Gasteiger partial charge in [-0.3, -0.25) is 14.4 Å². The fourth-order valence-corrected chi connectivity index (χ4v) is 8.28. The van der Waals surface area contributed by atoms with Gasteiger partial charge in [-0.1, -0.05) is 265 Å². The van der Waals surface area contributed by atoms with Gasteiger partial charge in [0.25, 0.3) is 0 Å². The van der Waals surface area contributed by atoms with Gasteiger partial charge in [0.1, 0.15) is 13.2 Å². The first-order chi connectivity index (χ1) is 36.0. The minimum atomic E-state index is -0.784. The maximum Gasteiger partial charge on any atom is 0.306 e. The maximum atomic E-state index is 12.8. The molecule has 0 bridgehead atoms. The van der Waals surface area contributed by atoms with E-state index in [1.807, 2.05) is 0 Å². The highest BCUT2D eigenvalue weighted by Crippen LogP contribution is 2.16. The van der Waals surface area contributed by atoms with E-state index in [9.17, 15) is 14.4 Å². The molecule has 6 heteroatoms. The summed E-state index contributed by atoms with van der Waals surface area (Å²) in [5.74, 6) is -0.902. The molecule has 0 saturated carbocycles. The first kappa shape index (κ1) is 69.1. The quantitative estimate of drug-likeness (QED) is 0.0261. The zero-order valence-electron chi connectivity index (χ0n) is 47.6. The number of esters is 3. The van der Waals surface area contributed by atoms with Crippen LogP contribution in [0.3, 0.4) is 0 Å². The highest BCUT2D eigenvalue weighted by Gasteiger charge is 2.19. The van der Waals surface area contributed by atoms with Crippen LogP contribution in [-0.4, -0.2) is 37.2 Å². The van der Waals surface area contributed by atoms with Gasteiger partial charge < -0.3 is 14.2 Å². The van der Waals surface area contributed by atoms with Crippen LogP contribution < -0.4 is 0 Å². The summed E-state index contributed by atoms with van der Waals surface area (Å²) in [6.07, 6.45) is 82.5. The highest BCUT2D eigenvalue weighted by atomic mass is 16.6. The van der Waals surface area contributed by atoms with Crippen LogP contribution in [0.4, 0.5) is 0 Å². The zero-order chi connectivity index (χ0) is 52.9. The first-order valence-electron chi connectivity index (χ1n) is 30.4. The van der Waals surface area contributed by atoms with Gasteiger partial charge in [0.05, 0.1) is 0 Å². The number of allylic oxidation sites excluding steroid dienone is 18. The second-order valence-corrected chi connectivity index (χ2v) is 19.9. The molecule has 0 aliphatic carbocycles. The molecule has 6 nitrogen and oxygen atoms in total. The van der Waals surface area contributed by atoms with Gasteiger partial charge in [-0.15, -0.1) is 0 Å². The summed E-state index contributed by atoms with van der Waals surface area (Å²) in [4.78, 5) is 38.0. The molecule has 0 aromatic heterocycles. The number of hydrogen-bond acceptors (Lipinski definition) is 6. The third kappa shape index (κ3) is 58.8. The summed E-state index contributed by atoms with van der Waals surface area (Å²) in [6, 6.07) is 0. The van der Waals surface area contributed by atoms with Crippen molar-refractivity contribution < 1.29 is 28.6 Å². The third-order valence-electron chi connectivity index (χ3n) is 12.8. The van der Waals surface area contributed by atoms with E-state index in [-0.39, 0.29) is 31.1 Å². The van der Waals surface area contributed by atoms with Crippen molar-refractivity contribution in [1.82, 2.24) is 0 Å². The minimum Gasteiger partial charge on any atom is -0.462 e. The summed E-state index contributed by atoms with van der Waals surface area (Å²) in [6.45, 7) is 6.37. The predicted octanol–water partition coefficient (Wildman–Crippen LogP) is 20.7. The normalized spacial score (nSPS) is 12.9. The Labute approximate surface area is 450 Å². The Bertz CT molecular complexity index is 1490. The van der Waals surface area contributed by atoms with Crippen LogP contribution in [0.25, 0.3) is 0 Å². The molecule has 1 unspecified atom stereocenters. The Morgan fingerprint density at radius 2 is 0.534 bits per heavy atom. The largest absolute Gasteiger partial charge is 0.462 e. The van der Waals surface area contributed by atoms with Gasteiger partial charge >= 0.3 is 17.9 Å². The molecule has 1 atom stereocenters. The summed E-state index contributed by atoms with van der Waals surface area (Å²) < 4.78 is 16.8. The lowest BCUT2D eigenvalue weighted by Gasteiger charge is -2.18. The van der Waals surface area contributed by atoms with E-state index in [2.05, 4.69) is 130 Å². The van der Waals surface area contributed by atoms with Crippen LogP contribution in [0.5, 0.6) is 0 Å². The van der Waals surface area contributed by atoms with Crippen LogP contribution >= 0.6 is 0 Å². The standard InChI is InChI=1S/C67H112O6/c1-4-7-10-13-16-18-20-22-24-26-28-29-30-31-32-33-34-35-36-37-39-40-42-44-46-48-51-54-57-60-66(69)72-63-64(62-71-65(68)59-56-53-50-15-12-9-6-3)73-67(70)61-58-55-52-49-47-45-43-41-38-27-25-23-21-19-17-14-11-8-5-2/h7-8,10-11,16-19,22-25,28-29,31-32,38,41,64H,4-6,9,12-15,20-21,26-27,30,33-37,39-40,42-63H2,1-3H3/b10-7-,11-8-,18-16-,19-17-,24-22-,25-23-,29-28-,32-31-,41-38-. The molecule has 0 aromatic carbocycles. The van der Waals surface area contributed by atoms with Crippen molar-refractivity contribution in [2.75, 3.05) is 13.2 Å². The summed E-state index contributed by atoms with van der Waals surface area (Å²) in [5.41, 5.74) is 0. The molecule has 0 radical (unpaired) electrons. The molecule has 0 aliphatic heterocycles. The predicted molar refractivity (Wildman–Crippen MR) is 316 cm³/mol. The van der Waals surface area contributed by atoms with Crippen molar-refractivity contribution in [3.63, 3.8) is 0 Å². The van der Waals surface area contributed by atoms with Crippen LogP contribution in [0.2, 0.25) is 0 Å². The van der Waals surface area contributed by atoms with E-state index in [1.54, 1.807) is 0 Å². The molecule has 0 rings (SSSR count). The van der Waals surface area contributed by atoms with Crippen molar-refractivity contribution >= 4 is 17.9 Å². The van der Waals surface area contributed by atoms with Crippen molar-refractivity contribution in [2.24, 2.45) is 0 Å². The van der Waals surface area contributed by atoms with E-state index >= 15 is 0 Å². The SMILES string of the molecule is CC/C=C\C/C=C\C/C=C\C/C=C\C/C=C\CCCCCCCCCCCCCCCC(=O)OCC(COC(=O)CCCCCCCCC)OC(=O)CCCCCCCC/C=C\C/C=C\C/C=C\C/C=C\CC. The number of rotatable bonds is 54. The molecule has 0 fully saturated rings. The van der Waals surface area contributed by atoms with Gasteiger partial charge in [0.15, 0.2) is 6.10 Å². The van der Waals surface area contributed by atoms with E-state index in [4.69, 9.17) is 14.2 Å². The van der Waals surface area contributed by atoms with Crippen LogP contribution in [-0.2, 0) is 28.6 Å². The van der Waals surface area contributed by atoms with Gasteiger partial charge in [-0.2, -0.15) is 0 Å². The second kappa shape index (κ2) is 60.6. The molecular formula is C67H112O6. The molecule has 73 heavy (non-hydrogen) atoms. The summed E-state index contributed by atoms with van der Waals surface area (Å²) in [5, 5.41) is 0. The van der Waals surface area contributed by atoms with Gasteiger partial charge in [0.2, 0.25) is 0 Å². The summed E-state index contributed by atoms with van der Waals surface area (Å²) >= 11 is 0. The Balaban J connectivity index is 4.15. The molecule has 0 saturated heterocycles. The number of carbonyl (C=O) groups excluding carboxylic acids is 3. The molecular weight excluding hydrogens is 901 g/mol. The van der Waals surface area contributed by atoms with Gasteiger partial charge in [0, 0.05) is 19.3 Å². The van der Waals surface area contributed by atoms with Crippen LogP contribution in [0.15, 0.2) is 109 Å².